The van der Waals surface area contributed by atoms with Gasteiger partial charge in [0.1, 0.15) is 0 Å². The third-order valence-corrected chi connectivity index (χ3v) is 4.03. The summed E-state index contributed by atoms with van der Waals surface area (Å²) in [5.41, 5.74) is 4.11. The predicted molar refractivity (Wildman–Crippen MR) is 96.4 cm³/mol. The minimum Gasteiger partial charge on any atom is -0.385 e. The van der Waals surface area contributed by atoms with Crippen LogP contribution < -0.4 is 5.32 Å². The highest BCUT2D eigenvalue weighted by molar-refractivity contribution is 5.41. The molecule has 0 spiro atoms. The highest BCUT2D eigenvalue weighted by Crippen LogP contribution is 2.11. The molecule has 0 saturated carbocycles. The SMILES string of the molecule is CCCCCCc1ccc(CCCNc2cc[c]cc2)cc1. The van der Waals surface area contributed by atoms with E-state index in [1.165, 1.54) is 48.9 Å². The molecule has 2 rings (SSSR count). The topological polar surface area (TPSA) is 12.0 Å². The normalized spacial score (nSPS) is 10.6. The van der Waals surface area contributed by atoms with Crippen molar-refractivity contribution in [3.8, 4) is 0 Å². The first-order chi connectivity index (χ1) is 10.9. The molecule has 0 aromatic heterocycles. The number of unbranched alkanes of at least 4 members (excludes halogenated alkanes) is 3. The van der Waals surface area contributed by atoms with Crippen molar-refractivity contribution in [2.24, 2.45) is 0 Å². The zero-order valence-electron chi connectivity index (χ0n) is 13.8. The zero-order chi connectivity index (χ0) is 15.5. The van der Waals surface area contributed by atoms with Gasteiger partial charge in [0.15, 0.2) is 0 Å². The molecule has 0 aliphatic rings. The van der Waals surface area contributed by atoms with Gasteiger partial charge in [-0.25, -0.2) is 0 Å². The van der Waals surface area contributed by atoms with E-state index in [4.69, 9.17) is 0 Å². The fourth-order valence-corrected chi connectivity index (χ4v) is 2.66. The molecule has 0 saturated heterocycles. The number of hydrogen-bond acceptors (Lipinski definition) is 1. The Morgan fingerprint density at radius 2 is 1.41 bits per heavy atom. The van der Waals surface area contributed by atoms with Gasteiger partial charge in [-0.05, 0) is 55.0 Å². The maximum Gasteiger partial charge on any atom is 0.0340 e. The van der Waals surface area contributed by atoms with Crippen LogP contribution in [0.1, 0.15) is 50.2 Å². The Balaban J connectivity index is 1.63. The molecule has 0 aliphatic heterocycles. The molecule has 0 heterocycles. The van der Waals surface area contributed by atoms with Crippen LogP contribution in [0.3, 0.4) is 0 Å². The summed E-state index contributed by atoms with van der Waals surface area (Å²) >= 11 is 0. The van der Waals surface area contributed by atoms with Gasteiger partial charge in [0.25, 0.3) is 0 Å². The van der Waals surface area contributed by atoms with E-state index in [1.54, 1.807) is 0 Å². The Morgan fingerprint density at radius 1 is 0.773 bits per heavy atom. The van der Waals surface area contributed by atoms with Gasteiger partial charge in [-0.2, -0.15) is 0 Å². The molecular formula is C21H28N. The number of aryl methyl sites for hydroxylation is 2. The predicted octanol–water partition coefficient (Wildman–Crippen LogP) is 5.65. The van der Waals surface area contributed by atoms with Crippen molar-refractivity contribution in [1.29, 1.82) is 0 Å². The second-order valence-electron chi connectivity index (χ2n) is 5.95. The molecule has 1 N–H and O–H groups in total. The first-order valence-corrected chi connectivity index (χ1v) is 8.66. The Kier molecular flexibility index (Phi) is 7.59. The van der Waals surface area contributed by atoms with Crippen molar-refractivity contribution in [3.63, 3.8) is 0 Å². The van der Waals surface area contributed by atoms with E-state index >= 15 is 0 Å². The lowest BCUT2D eigenvalue weighted by Crippen LogP contribution is -2.02. The summed E-state index contributed by atoms with van der Waals surface area (Å²) in [6.45, 7) is 3.28. The zero-order valence-corrected chi connectivity index (χ0v) is 13.8. The van der Waals surface area contributed by atoms with Gasteiger partial charge in [0, 0.05) is 12.2 Å². The lowest BCUT2D eigenvalue weighted by Gasteiger charge is -2.07. The summed E-state index contributed by atoms with van der Waals surface area (Å²) in [5.74, 6) is 0. The molecule has 2 aromatic carbocycles. The molecule has 0 aliphatic carbocycles. The Labute approximate surface area is 135 Å². The number of rotatable bonds is 10. The summed E-state index contributed by atoms with van der Waals surface area (Å²) in [7, 11) is 0. The molecule has 117 valence electrons. The smallest absolute Gasteiger partial charge is 0.0340 e. The molecule has 0 atom stereocenters. The number of benzene rings is 2. The van der Waals surface area contributed by atoms with Crippen LogP contribution >= 0.6 is 0 Å². The van der Waals surface area contributed by atoms with Gasteiger partial charge >= 0.3 is 0 Å². The fourth-order valence-electron chi connectivity index (χ4n) is 2.66. The maximum atomic E-state index is 3.45. The molecule has 22 heavy (non-hydrogen) atoms. The molecular weight excluding hydrogens is 266 g/mol. The summed E-state index contributed by atoms with van der Waals surface area (Å²) in [6.07, 6.45) is 8.90. The van der Waals surface area contributed by atoms with E-state index in [-0.39, 0.29) is 0 Å². The van der Waals surface area contributed by atoms with E-state index in [1.807, 2.05) is 12.1 Å². The van der Waals surface area contributed by atoms with E-state index in [0.717, 1.165) is 19.4 Å². The minimum absolute atomic E-state index is 1.02. The summed E-state index contributed by atoms with van der Waals surface area (Å²) in [5, 5.41) is 3.45. The van der Waals surface area contributed by atoms with Crippen molar-refractivity contribution >= 4 is 5.69 Å². The Bertz CT molecular complexity index is 501. The third kappa shape index (κ3) is 6.34. The van der Waals surface area contributed by atoms with Gasteiger partial charge in [-0.15, -0.1) is 0 Å². The standard InChI is InChI=1S/C21H28N/c1-2-3-4-6-10-19-14-16-20(17-15-19)11-9-18-22-21-12-7-5-8-13-21/h7-8,12-17,22H,2-4,6,9-11,18H2,1H3. The van der Waals surface area contributed by atoms with Gasteiger partial charge in [-0.1, -0.05) is 62.6 Å². The Hall–Kier alpha value is -1.76. The van der Waals surface area contributed by atoms with Gasteiger partial charge < -0.3 is 5.32 Å². The summed E-state index contributed by atoms with van der Waals surface area (Å²) in [4.78, 5) is 0. The van der Waals surface area contributed by atoms with Crippen LogP contribution in [0.5, 0.6) is 0 Å². The van der Waals surface area contributed by atoms with Crippen molar-refractivity contribution in [2.45, 2.75) is 51.9 Å². The first kappa shape index (κ1) is 16.6. The largest absolute Gasteiger partial charge is 0.385 e. The average Bonchev–Trinajstić information content (AvgIpc) is 2.58. The van der Waals surface area contributed by atoms with Crippen molar-refractivity contribution in [2.75, 3.05) is 11.9 Å². The number of hydrogen-bond donors (Lipinski definition) is 1. The van der Waals surface area contributed by atoms with E-state index in [0.29, 0.717) is 0 Å². The molecule has 1 heteroatoms. The van der Waals surface area contributed by atoms with Crippen LogP contribution in [0.4, 0.5) is 5.69 Å². The molecule has 2 aromatic rings. The monoisotopic (exact) mass is 294 g/mol. The molecule has 0 unspecified atom stereocenters. The quantitative estimate of drug-likeness (QED) is 0.558. The van der Waals surface area contributed by atoms with Gasteiger partial charge in [0.05, 0.1) is 0 Å². The van der Waals surface area contributed by atoms with Gasteiger partial charge in [-0.3, -0.25) is 0 Å². The summed E-state index contributed by atoms with van der Waals surface area (Å²) in [6, 6.07) is 20.3. The van der Waals surface area contributed by atoms with Crippen LogP contribution in [0, 0.1) is 6.07 Å². The van der Waals surface area contributed by atoms with Crippen LogP contribution in [0.15, 0.2) is 48.5 Å². The van der Waals surface area contributed by atoms with Crippen LogP contribution in [0.25, 0.3) is 0 Å². The average molecular weight is 294 g/mol. The lowest BCUT2D eigenvalue weighted by molar-refractivity contribution is 0.667. The molecule has 1 nitrogen and oxygen atoms in total. The lowest BCUT2D eigenvalue weighted by atomic mass is 10.0. The van der Waals surface area contributed by atoms with Crippen molar-refractivity contribution in [1.82, 2.24) is 0 Å². The van der Waals surface area contributed by atoms with Crippen LogP contribution in [0.2, 0.25) is 0 Å². The van der Waals surface area contributed by atoms with Crippen LogP contribution in [-0.4, -0.2) is 6.54 Å². The maximum absolute atomic E-state index is 3.45. The second kappa shape index (κ2) is 10.0. The fraction of sp³-hybridized carbons (Fsp3) is 0.429. The highest BCUT2D eigenvalue weighted by atomic mass is 14.9. The van der Waals surface area contributed by atoms with Gasteiger partial charge in [0.2, 0.25) is 0 Å². The third-order valence-electron chi connectivity index (χ3n) is 4.03. The number of anilines is 1. The Morgan fingerprint density at radius 3 is 2.05 bits per heavy atom. The first-order valence-electron chi connectivity index (χ1n) is 8.66. The molecule has 0 amide bonds. The molecule has 0 bridgehead atoms. The molecule has 1 radical (unpaired) electrons. The number of nitrogens with one attached hydrogen (secondary N) is 1. The van der Waals surface area contributed by atoms with Crippen molar-refractivity contribution in [3.05, 3.63) is 65.7 Å². The van der Waals surface area contributed by atoms with E-state index in [2.05, 4.69) is 54.7 Å². The minimum atomic E-state index is 1.02. The second-order valence-corrected chi connectivity index (χ2v) is 5.95. The van der Waals surface area contributed by atoms with Crippen LogP contribution in [-0.2, 0) is 12.8 Å². The highest BCUT2D eigenvalue weighted by Gasteiger charge is 1.97. The summed E-state index contributed by atoms with van der Waals surface area (Å²) < 4.78 is 0. The molecule has 0 fully saturated rings. The van der Waals surface area contributed by atoms with E-state index in [9.17, 15) is 0 Å². The van der Waals surface area contributed by atoms with E-state index < -0.39 is 0 Å². The van der Waals surface area contributed by atoms with Crippen molar-refractivity contribution < 1.29 is 0 Å².